The van der Waals surface area contributed by atoms with Crippen molar-refractivity contribution < 1.29 is 0 Å². The fraction of sp³-hybridized carbons (Fsp3) is 0.346. The van der Waals surface area contributed by atoms with Crippen LogP contribution in [0.3, 0.4) is 0 Å². The lowest BCUT2D eigenvalue weighted by Crippen LogP contribution is -2.09. The Bertz CT molecular complexity index is 946. The molecule has 0 radical (unpaired) electrons. The monoisotopic (exact) mass is 355 g/mol. The fourth-order valence-corrected chi connectivity index (χ4v) is 4.40. The van der Waals surface area contributed by atoms with E-state index in [0.29, 0.717) is 0 Å². The topological polar surface area (TPSA) is 12.4 Å². The first kappa shape index (κ1) is 18.0. The van der Waals surface area contributed by atoms with Gasteiger partial charge >= 0.3 is 0 Å². The molecule has 1 heterocycles. The Hall–Kier alpha value is -2.41. The largest absolute Gasteiger partial charge is 0.289 e. The number of rotatable bonds is 5. The lowest BCUT2D eigenvalue weighted by atomic mass is 9.89. The van der Waals surface area contributed by atoms with Gasteiger partial charge in [0.2, 0.25) is 0 Å². The number of hydrogen-bond donors (Lipinski definition) is 0. The minimum Gasteiger partial charge on any atom is -0.289 e. The van der Waals surface area contributed by atoms with Gasteiger partial charge in [-0.25, -0.2) is 0 Å². The maximum Gasteiger partial charge on any atom is 0.0423 e. The van der Waals surface area contributed by atoms with E-state index >= 15 is 0 Å². The molecule has 1 aliphatic rings. The number of hydrogen-bond acceptors (Lipinski definition) is 1. The molecule has 0 fully saturated rings. The highest BCUT2D eigenvalue weighted by atomic mass is 14.7. The zero-order valence-electron chi connectivity index (χ0n) is 16.4. The summed E-state index contributed by atoms with van der Waals surface area (Å²) in [6.07, 6.45) is 8.22. The first-order chi connectivity index (χ1) is 13.4. The van der Waals surface area contributed by atoms with E-state index in [1.54, 1.807) is 0 Å². The van der Waals surface area contributed by atoms with E-state index in [9.17, 15) is 0 Å². The van der Waals surface area contributed by atoms with Gasteiger partial charge in [0.1, 0.15) is 0 Å². The first-order valence-electron chi connectivity index (χ1n) is 10.5. The summed E-state index contributed by atoms with van der Waals surface area (Å²) >= 11 is 0. The number of fused-ring (bicyclic) bond motifs is 1. The summed E-state index contributed by atoms with van der Waals surface area (Å²) in [4.78, 5) is 4.95. The lowest BCUT2D eigenvalue weighted by Gasteiger charge is -2.16. The Labute approximate surface area is 163 Å². The highest BCUT2D eigenvalue weighted by Gasteiger charge is 2.14. The molecule has 0 N–H and O–H groups in total. The summed E-state index contributed by atoms with van der Waals surface area (Å²) in [6, 6.07) is 22.3. The third-order valence-corrected chi connectivity index (χ3v) is 5.86. The standard InChI is InChI=1S/C26H29N/c1-2-20-11-9-15-25(26-16-4-3-7-19-27-26)24(20)18-17-22-13-8-12-21-10-5-6-14-23(21)22/h5-6,8-15H,2-4,7,16-19H2,1H3. The van der Waals surface area contributed by atoms with Crippen LogP contribution in [0, 0.1) is 0 Å². The molecule has 0 aromatic heterocycles. The van der Waals surface area contributed by atoms with Crippen LogP contribution in [0.5, 0.6) is 0 Å². The molecule has 1 nitrogen and oxygen atoms in total. The van der Waals surface area contributed by atoms with Crippen molar-refractivity contribution in [2.75, 3.05) is 6.54 Å². The Morgan fingerprint density at radius 1 is 0.778 bits per heavy atom. The number of aryl methyl sites for hydroxylation is 2. The molecule has 0 saturated carbocycles. The fourth-order valence-electron chi connectivity index (χ4n) is 4.40. The van der Waals surface area contributed by atoms with Gasteiger partial charge in [-0.15, -0.1) is 0 Å². The van der Waals surface area contributed by atoms with Gasteiger partial charge in [-0.3, -0.25) is 4.99 Å². The smallest absolute Gasteiger partial charge is 0.0423 e. The summed E-state index contributed by atoms with van der Waals surface area (Å²) in [7, 11) is 0. The van der Waals surface area contributed by atoms with Crippen molar-refractivity contribution in [3.05, 3.63) is 82.9 Å². The molecule has 0 bridgehead atoms. The highest BCUT2D eigenvalue weighted by molar-refractivity contribution is 6.02. The Kier molecular flexibility index (Phi) is 5.67. The van der Waals surface area contributed by atoms with Crippen molar-refractivity contribution in [1.29, 1.82) is 0 Å². The van der Waals surface area contributed by atoms with Gasteiger partial charge < -0.3 is 0 Å². The van der Waals surface area contributed by atoms with Crippen LogP contribution in [-0.4, -0.2) is 12.3 Å². The Morgan fingerprint density at radius 2 is 1.59 bits per heavy atom. The highest BCUT2D eigenvalue weighted by Crippen LogP contribution is 2.25. The molecule has 27 heavy (non-hydrogen) atoms. The van der Waals surface area contributed by atoms with Crippen molar-refractivity contribution in [3.8, 4) is 0 Å². The third kappa shape index (κ3) is 3.98. The number of aliphatic imine (C=N–C) groups is 1. The molecular formula is C26H29N. The third-order valence-electron chi connectivity index (χ3n) is 5.86. The summed E-state index contributed by atoms with van der Waals surface area (Å²) in [5.41, 5.74) is 7.22. The summed E-state index contributed by atoms with van der Waals surface area (Å²) in [6.45, 7) is 3.27. The second kappa shape index (κ2) is 8.52. The maximum absolute atomic E-state index is 4.95. The number of nitrogens with zero attached hydrogens (tertiary/aromatic N) is 1. The molecule has 0 atom stereocenters. The molecule has 0 unspecified atom stereocenters. The van der Waals surface area contributed by atoms with Crippen molar-refractivity contribution in [1.82, 2.24) is 0 Å². The van der Waals surface area contributed by atoms with Crippen LogP contribution in [-0.2, 0) is 19.3 Å². The van der Waals surface area contributed by atoms with Gasteiger partial charge in [0.25, 0.3) is 0 Å². The summed E-state index contributed by atoms with van der Waals surface area (Å²) in [5, 5.41) is 2.73. The Morgan fingerprint density at radius 3 is 2.52 bits per heavy atom. The van der Waals surface area contributed by atoms with E-state index in [0.717, 1.165) is 32.2 Å². The SMILES string of the molecule is CCc1cccc(C2=NCCCCC2)c1CCc1cccc2ccccc12. The Balaban J connectivity index is 1.67. The van der Waals surface area contributed by atoms with Crippen LogP contribution in [0.25, 0.3) is 10.8 Å². The molecule has 0 saturated heterocycles. The molecular weight excluding hydrogens is 326 g/mol. The van der Waals surface area contributed by atoms with E-state index in [1.165, 1.54) is 58.0 Å². The first-order valence-corrected chi connectivity index (χ1v) is 10.5. The van der Waals surface area contributed by atoms with Gasteiger partial charge in [0.05, 0.1) is 0 Å². The van der Waals surface area contributed by atoms with Crippen LogP contribution in [0.1, 0.15) is 54.9 Å². The second-order valence-electron chi connectivity index (χ2n) is 7.57. The summed E-state index contributed by atoms with van der Waals surface area (Å²) < 4.78 is 0. The lowest BCUT2D eigenvalue weighted by molar-refractivity contribution is 0.731. The molecule has 3 aromatic carbocycles. The van der Waals surface area contributed by atoms with Crippen molar-refractivity contribution in [3.63, 3.8) is 0 Å². The molecule has 1 heteroatoms. The average Bonchev–Trinajstić information content (AvgIpc) is 3.01. The van der Waals surface area contributed by atoms with Crippen LogP contribution >= 0.6 is 0 Å². The van der Waals surface area contributed by atoms with E-state index in [2.05, 4.69) is 67.6 Å². The van der Waals surface area contributed by atoms with Gasteiger partial charge in [0.15, 0.2) is 0 Å². The maximum atomic E-state index is 4.95. The van der Waals surface area contributed by atoms with E-state index in [-0.39, 0.29) is 0 Å². The molecule has 0 aliphatic carbocycles. The van der Waals surface area contributed by atoms with Gasteiger partial charge in [0, 0.05) is 12.3 Å². The van der Waals surface area contributed by atoms with Crippen molar-refractivity contribution in [2.24, 2.45) is 4.99 Å². The minimum absolute atomic E-state index is 0.994. The number of benzene rings is 3. The second-order valence-corrected chi connectivity index (χ2v) is 7.57. The zero-order chi connectivity index (χ0) is 18.5. The minimum atomic E-state index is 0.994. The average molecular weight is 356 g/mol. The predicted octanol–water partition coefficient (Wildman–Crippen LogP) is 6.55. The van der Waals surface area contributed by atoms with E-state index in [4.69, 9.17) is 4.99 Å². The van der Waals surface area contributed by atoms with Crippen LogP contribution < -0.4 is 0 Å². The summed E-state index contributed by atoms with van der Waals surface area (Å²) in [5.74, 6) is 0. The van der Waals surface area contributed by atoms with Gasteiger partial charge in [-0.05, 0) is 71.6 Å². The van der Waals surface area contributed by atoms with Crippen LogP contribution in [0.4, 0.5) is 0 Å². The van der Waals surface area contributed by atoms with Crippen molar-refractivity contribution >= 4 is 16.5 Å². The molecule has 138 valence electrons. The quantitative estimate of drug-likeness (QED) is 0.492. The molecule has 3 aromatic rings. The normalized spacial score (nSPS) is 14.8. The molecule has 0 amide bonds. The van der Waals surface area contributed by atoms with Gasteiger partial charge in [-0.1, -0.05) is 74.0 Å². The molecule has 0 spiro atoms. The predicted molar refractivity (Wildman–Crippen MR) is 117 cm³/mol. The van der Waals surface area contributed by atoms with Crippen LogP contribution in [0.15, 0.2) is 65.7 Å². The zero-order valence-corrected chi connectivity index (χ0v) is 16.4. The van der Waals surface area contributed by atoms with Gasteiger partial charge in [-0.2, -0.15) is 0 Å². The van der Waals surface area contributed by atoms with E-state index in [1.807, 2.05) is 0 Å². The molecule has 1 aliphatic heterocycles. The molecule has 4 rings (SSSR count). The van der Waals surface area contributed by atoms with E-state index < -0.39 is 0 Å². The van der Waals surface area contributed by atoms with Crippen LogP contribution in [0.2, 0.25) is 0 Å². The van der Waals surface area contributed by atoms with Crippen molar-refractivity contribution in [2.45, 2.75) is 51.9 Å².